The summed E-state index contributed by atoms with van der Waals surface area (Å²) < 4.78 is 19.0. The zero-order valence-corrected chi connectivity index (χ0v) is 12.9. The zero-order chi connectivity index (χ0) is 16.2. The van der Waals surface area contributed by atoms with E-state index in [2.05, 4.69) is 11.4 Å². The molecule has 1 amide bonds. The Morgan fingerprint density at radius 2 is 2.13 bits per heavy atom. The molecule has 0 fully saturated rings. The van der Waals surface area contributed by atoms with E-state index in [-0.39, 0.29) is 17.8 Å². The molecule has 3 nitrogen and oxygen atoms in total. The lowest BCUT2D eigenvalue weighted by atomic mass is 10.0. The predicted molar refractivity (Wildman–Crippen MR) is 87.6 cm³/mol. The van der Waals surface area contributed by atoms with Gasteiger partial charge in [-0.15, -0.1) is 0 Å². The number of ether oxygens (including phenoxy) is 1. The first-order valence-electron chi connectivity index (χ1n) is 7.62. The molecule has 0 aromatic heterocycles. The fraction of sp³-hybridized carbons (Fsp3) is 0.211. The summed E-state index contributed by atoms with van der Waals surface area (Å²) >= 11 is 0. The molecule has 3 rings (SSSR count). The molecule has 2 aromatic carbocycles. The Bertz CT molecular complexity index is 755. The number of amides is 1. The summed E-state index contributed by atoms with van der Waals surface area (Å²) in [6, 6.07) is 12.2. The second-order valence-electron chi connectivity index (χ2n) is 5.55. The Morgan fingerprint density at radius 3 is 2.96 bits per heavy atom. The molecular weight excluding hydrogens is 293 g/mol. The van der Waals surface area contributed by atoms with Crippen molar-refractivity contribution in [3.05, 3.63) is 71.0 Å². The molecule has 23 heavy (non-hydrogen) atoms. The van der Waals surface area contributed by atoms with Crippen LogP contribution in [0, 0.1) is 5.82 Å². The van der Waals surface area contributed by atoms with Gasteiger partial charge in [-0.1, -0.05) is 24.3 Å². The van der Waals surface area contributed by atoms with Crippen LogP contribution in [-0.2, 0) is 11.2 Å². The van der Waals surface area contributed by atoms with Crippen LogP contribution in [-0.4, -0.2) is 12.5 Å². The van der Waals surface area contributed by atoms with Crippen molar-refractivity contribution in [3.63, 3.8) is 0 Å². The second-order valence-corrected chi connectivity index (χ2v) is 5.55. The quantitative estimate of drug-likeness (QED) is 0.875. The molecule has 0 radical (unpaired) electrons. The minimum absolute atomic E-state index is 0.126. The number of hydrogen-bond acceptors (Lipinski definition) is 2. The van der Waals surface area contributed by atoms with E-state index in [0.29, 0.717) is 12.2 Å². The average Bonchev–Trinajstić information content (AvgIpc) is 3.01. The van der Waals surface area contributed by atoms with Gasteiger partial charge in [-0.05, 0) is 42.3 Å². The van der Waals surface area contributed by atoms with Gasteiger partial charge in [0.25, 0.3) is 0 Å². The van der Waals surface area contributed by atoms with Crippen LogP contribution in [0.2, 0.25) is 0 Å². The molecule has 0 saturated carbocycles. The summed E-state index contributed by atoms with van der Waals surface area (Å²) in [6.07, 6.45) is 3.73. The lowest BCUT2D eigenvalue weighted by molar-refractivity contribution is -0.117. The van der Waals surface area contributed by atoms with Crippen LogP contribution in [0.3, 0.4) is 0 Å². The summed E-state index contributed by atoms with van der Waals surface area (Å²) in [5, 5.41) is 2.89. The first-order chi connectivity index (χ1) is 11.1. The summed E-state index contributed by atoms with van der Waals surface area (Å²) in [6.45, 7) is 2.64. The number of hydrogen-bond donors (Lipinski definition) is 1. The van der Waals surface area contributed by atoms with Crippen LogP contribution in [0.1, 0.15) is 29.7 Å². The Morgan fingerprint density at radius 1 is 1.30 bits per heavy atom. The average molecular weight is 311 g/mol. The van der Waals surface area contributed by atoms with E-state index >= 15 is 0 Å². The van der Waals surface area contributed by atoms with Crippen molar-refractivity contribution in [1.82, 2.24) is 5.32 Å². The number of nitrogens with one attached hydrogen (secondary N) is 1. The minimum Gasteiger partial charge on any atom is -0.493 e. The van der Waals surface area contributed by atoms with Crippen LogP contribution < -0.4 is 10.1 Å². The third-order valence-corrected chi connectivity index (χ3v) is 3.89. The van der Waals surface area contributed by atoms with Gasteiger partial charge in [0.15, 0.2) is 0 Å². The number of carbonyl (C=O) groups is 1. The predicted octanol–water partition coefficient (Wildman–Crippen LogP) is 3.65. The van der Waals surface area contributed by atoms with E-state index in [1.165, 1.54) is 23.8 Å². The number of rotatable bonds is 4. The van der Waals surface area contributed by atoms with Crippen molar-refractivity contribution >= 4 is 12.0 Å². The van der Waals surface area contributed by atoms with Crippen molar-refractivity contribution < 1.29 is 13.9 Å². The fourth-order valence-corrected chi connectivity index (χ4v) is 2.60. The summed E-state index contributed by atoms with van der Waals surface area (Å²) in [7, 11) is 0. The first kappa shape index (κ1) is 15.3. The first-order valence-corrected chi connectivity index (χ1v) is 7.62. The van der Waals surface area contributed by atoms with Crippen molar-refractivity contribution in [2.45, 2.75) is 19.4 Å². The maximum absolute atomic E-state index is 13.5. The molecule has 1 aliphatic rings. The van der Waals surface area contributed by atoms with E-state index in [1.807, 2.05) is 19.1 Å². The number of carbonyl (C=O) groups excluding carboxylic acids is 1. The fourth-order valence-electron chi connectivity index (χ4n) is 2.60. The van der Waals surface area contributed by atoms with Gasteiger partial charge in [0.05, 0.1) is 12.6 Å². The Kier molecular flexibility index (Phi) is 4.42. The molecule has 0 saturated heterocycles. The monoisotopic (exact) mass is 311 g/mol. The smallest absolute Gasteiger partial charge is 0.244 e. The SMILES string of the molecule is CC(NC(=O)/C=C\c1ccccc1F)c1ccc2c(c1)CCO2. The third kappa shape index (κ3) is 3.59. The van der Waals surface area contributed by atoms with Crippen LogP contribution >= 0.6 is 0 Å². The maximum atomic E-state index is 13.5. The third-order valence-electron chi connectivity index (χ3n) is 3.89. The van der Waals surface area contributed by atoms with Gasteiger partial charge in [0.1, 0.15) is 11.6 Å². The van der Waals surface area contributed by atoms with Gasteiger partial charge >= 0.3 is 0 Å². The van der Waals surface area contributed by atoms with Crippen molar-refractivity contribution in [2.24, 2.45) is 0 Å². The molecule has 2 aromatic rings. The van der Waals surface area contributed by atoms with E-state index in [0.717, 1.165) is 17.7 Å². The van der Waals surface area contributed by atoms with E-state index in [9.17, 15) is 9.18 Å². The molecule has 0 aliphatic carbocycles. The van der Waals surface area contributed by atoms with E-state index in [4.69, 9.17) is 4.74 Å². The second kappa shape index (κ2) is 6.65. The lowest BCUT2D eigenvalue weighted by Crippen LogP contribution is -2.24. The van der Waals surface area contributed by atoms with Crippen LogP contribution in [0.25, 0.3) is 6.08 Å². The molecule has 1 heterocycles. The van der Waals surface area contributed by atoms with Crippen LogP contribution in [0.15, 0.2) is 48.5 Å². The largest absolute Gasteiger partial charge is 0.493 e. The highest BCUT2D eigenvalue weighted by molar-refractivity contribution is 5.92. The highest BCUT2D eigenvalue weighted by Gasteiger charge is 2.15. The van der Waals surface area contributed by atoms with Crippen molar-refractivity contribution in [3.8, 4) is 5.75 Å². The molecule has 0 bridgehead atoms. The van der Waals surface area contributed by atoms with Crippen LogP contribution in [0.5, 0.6) is 5.75 Å². The number of benzene rings is 2. The Balaban J connectivity index is 1.64. The molecule has 1 atom stereocenters. The minimum atomic E-state index is -0.344. The zero-order valence-electron chi connectivity index (χ0n) is 12.9. The molecular formula is C19H18FNO2. The molecule has 1 aliphatic heterocycles. The molecule has 1 unspecified atom stereocenters. The highest BCUT2D eigenvalue weighted by atomic mass is 19.1. The highest BCUT2D eigenvalue weighted by Crippen LogP contribution is 2.28. The molecule has 0 spiro atoms. The summed E-state index contributed by atoms with van der Waals surface area (Å²) in [5.74, 6) is 0.326. The van der Waals surface area contributed by atoms with Crippen LogP contribution in [0.4, 0.5) is 4.39 Å². The van der Waals surface area contributed by atoms with Gasteiger partial charge < -0.3 is 10.1 Å². The summed E-state index contributed by atoms with van der Waals surface area (Å²) in [5.41, 5.74) is 2.59. The number of halogens is 1. The standard InChI is InChI=1S/C19H18FNO2/c1-13(15-6-8-18-16(12-15)10-11-23-18)21-19(22)9-7-14-4-2-3-5-17(14)20/h2-9,12-13H,10-11H2,1H3,(H,21,22)/b9-7-. The van der Waals surface area contributed by atoms with E-state index < -0.39 is 0 Å². The van der Waals surface area contributed by atoms with Gasteiger partial charge in [-0.25, -0.2) is 4.39 Å². The van der Waals surface area contributed by atoms with Gasteiger partial charge in [-0.2, -0.15) is 0 Å². The number of fused-ring (bicyclic) bond motifs is 1. The van der Waals surface area contributed by atoms with Gasteiger partial charge in [-0.3, -0.25) is 4.79 Å². The Labute approximate surface area is 134 Å². The van der Waals surface area contributed by atoms with E-state index in [1.54, 1.807) is 18.2 Å². The van der Waals surface area contributed by atoms with Crippen molar-refractivity contribution in [1.29, 1.82) is 0 Å². The summed E-state index contributed by atoms with van der Waals surface area (Å²) in [4.78, 5) is 12.0. The Hall–Kier alpha value is -2.62. The molecule has 118 valence electrons. The van der Waals surface area contributed by atoms with Gasteiger partial charge in [0.2, 0.25) is 5.91 Å². The molecule has 4 heteroatoms. The lowest BCUT2D eigenvalue weighted by Gasteiger charge is -2.14. The maximum Gasteiger partial charge on any atom is 0.244 e. The van der Waals surface area contributed by atoms with Crippen molar-refractivity contribution in [2.75, 3.05) is 6.61 Å². The molecule has 1 N–H and O–H groups in total. The van der Waals surface area contributed by atoms with Gasteiger partial charge in [0, 0.05) is 18.1 Å². The topological polar surface area (TPSA) is 38.3 Å². The normalized spacial score (nSPS) is 14.3.